The average molecular weight is 354 g/mol. The molecule has 2 aromatic heterocycles. The molecule has 25 heavy (non-hydrogen) atoms. The summed E-state index contributed by atoms with van der Waals surface area (Å²) >= 11 is 5.97. The van der Waals surface area contributed by atoms with Crippen molar-refractivity contribution >= 4 is 34.2 Å². The number of halogens is 1. The van der Waals surface area contributed by atoms with Crippen molar-refractivity contribution in [2.24, 2.45) is 0 Å². The fraction of sp³-hybridized carbons (Fsp3) is 0. The minimum Gasteiger partial charge on any atom is -0.451 e. The lowest BCUT2D eigenvalue weighted by Gasteiger charge is -2.03. The molecule has 124 valence electrons. The fourth-order valence-electron chi connectivity index (χ4n) is 2.56. The largest absolute Gasteiger partial charge is 0.451 e. The van der Waals surface area contributed by atoms with Crippen LogP contribution >= 0.6 is 11.6 Å². The Morgan fingerprint density at radius 2 is 1.84 bits per heavy atom. The molecule has 0 radical (unpaired) electrons. The molecular weight excluding hydrogens is 342 g/mol. The van der Waals surface area contributed by atoms with Gasteiger partial charge < -0.3 is 19.7 Å². The van der Waals surface area contributed by atoms with Crippen molar-refractivity contribution in [3.8, 4) is 11.3 Å². The van der Waals surface area contributed by atoms with Gasteiger partial charge in [-0.1, -0.05) is 23.7 Å². The molecule has 4 rings (SSSR count). The highest BCUT2D eigenvalue weighted by Crippen LogP contribution is 2.25. The number of anilines is 1. The van der Waals surface area contributed by atoms with E-state index in [0.717, 1.165) is 5.56 Å². The van der Waals surface area contributed by atoms with E-state index in [1.165, 1.54) is 0 Å². The molecule has 6 nitrogen and oxygen atoms in total. The van der Waals surface area contributed by atoms with Crippen molar-refractivity contribution in [1.82, 2.24) is 9.97 Å². The van der Waals surface area contributed by atoms with Crippen LogP contribution in [0, 0.1) is 0 Å². The molecule has 0 aliphatic carbocycles. The van der Waals surface area contributed by atoms with Crippen molar-refractivity contribution in [3.63, 3.8) is 0 Å². The molecule has 0 unspecified atom stereocenters. The van der Waals surface area contributed by atoms with Crippen LogP contribution < -0.4 is 11.0 Å². The van der Waals surface area contributed by atoms with Gasteiger partial charge in [-0.3, -0.25) is 4.79 Å². The number of benzene rings is 2. The van der Waals surface area contributed by atoms with Gasteiger partial charge >= 0.3 is 5.69 Å². The summed E-state index contributed by atoms with van der Waals surface area (Å²) in [4.78, 5) is 28.9. The predicted molar refractivity (Wildman–Crippen MR) is 96.0 cm³/mol. The Morgan fingerprint density at radius 1 is 1.00 bits per heavy atom. The SMILES string of the molecule is O=C(Nc1ccc2[nH]c(=O)[nH]c2c1)c1ccc(-c2cccc(Cl)c2)o1. The van der Waals surface area contributed by atoms with Crippen LogP contribution in [0.5, 0.6) is 0 Å². The molecule has 0 saturated heterocycles. The van der Waals surface area contributed by atoms with Crippen LogP contribution in [0.15, 0.2) is 63.8 Å². The van der Waals surface area contributed by atoms with E-state index in [1.54, 1.807) is 42.5 Å². The van der Waals surface area contributed by atoms with Crippen molar-refractivity contribution in [2.75, 3.05) is 5.32 Å². The Bertz CT molecular complexity index is 1140. The molecule has 2 heterocycles. The van der Waals surface area contributed by atoms with Crippen molar-refractivity contribution in [3.05, 3.63) is 75.9 Å². The standard InChI is InChI=1S/C18H12ClN3O3/c19-11-3-1-2-10(8-11)15-6-7-16(25-15)17(23)20-12-4-5-13-14(9-12)22-18(24)21-13/h1-9H,(H,20,23)(H2,21,22,24). The first-order chi connectivity index (χ1) is 12.1. The summed E-state index contributed by atoms with van der Waals surface area (Å²) in [6, 6.07) is 15.6. The van der Waals surface area contributed by atoms with Crippen LogP contribution in [0.4, 0.5) is 5.69 Å². The molecule has 3 N–H and O–H groups in total. The summed E-state index contributed by atoms with van der Waals surface area (Å²) in [6.07, 6.45) is 0. The van der Waals surface area contributed by atoms with Gasteiger partial charge in [-0.15, -0.1) is 0 Å². The highest BCUT2D eigenvalue weighted by Gasteiger charge is 2.13. The summed E-state index contributed by atoms with van der Waals surface area (Å²) in [5.41, 5.74) is 2.33. The molecular formula is C18H12ClN3O3. The van der Waals surface area contributed by atoms with E-state index in [4.69, 9.17) is 16.0 Å². The Labute approximate surface area is 146 Å². The number of aromatic amines is 2. The van der Waals surface area contributed by atoms with Gasteiger partial charge in [0.05, 0.1) is 11.0 Å². The number of H-pyrrole nitrogens is 2. The van der Waals surface area contributed by atoms with Crippen molar-refractivity contribution in [2.45, 2.75) is 0 Å². The number of rotatable bonds is 3. The second-order valence-electron chi connectivity index (χ2n) is 5.47. The number of imidazole rings is 1. The van der Waals surface area contributed by atoms with Crippen molar-refractivity contribution < 1.29 is 9.21 Å². The van der Waals surface area contributed by atoms with Gasteiger partial charge in [0.2, 0.25) is 0 Å². The molecule has 0 aliphatic heterocycles. The first kappa shape index (κ1) is 15.3. The molecule has 0 spiro atoms. The molecule has 0 atom stereocenters. The predicted octanol–water partition coefficient (Wildman–Crippen LogP) is 4.02. The second kappa shape index (κ2) is 5.99. The quantitative estimate of drug-likeness (QED) is 0.519. The van der Waals surface area contributed by atoms with Gasteiger partial charge in [0.1, 0.15) is 5.76 Å². The summed E-state index contributed by atoms with van der Waals surface area (Å²) in [5.74, 6) is 0.348. The maximum atomic E-state index is 12.4. The third-order valence-electron chi connectivity index (χ3n) is 3.71. The van der Waals surface area contributed by atoms with Gasteiger partial charge in [0.25, 0.3) is 5.91 Å². The number of carbonyl (C=O) groups excluding carboxylic acids is 1. The van der Waals surface area contributed by atoms with Gasteiger partial charge in [-0.25, -0.2) is 4.79 Å². The van der Waals surface area contributed by atoms with Crippen LogP contribution in [0.2, 0.25) is 5.02 Å². The lowest BCUT2D eigenvalue weighted by atomic mass is 10.2. The number of hydrogen-bond acceptors (Lipinski definition) is 3. The second-order valence-corrected chi connectivity index (χ2v) is 5.90. The van der Waals surface area contributed by atoms with E-state index in [0.29, 0.717) is 27.5 Å². The first-order valence-corrected chi connectivity index (χ1v) is 7.85. The first-order valence-electron chi connectivity index (χ1n) is 7.48. The Hall–Kier alpha value is -3.25. The lowest BCUT2D eigenvalue weighted by molar-refractivity contribution is 0.0997. The summed E-state index contributed by atoms with van der Waals surface area (Å²) in [6.45, 7) is 0. The molecule has 0 aliphatic rings. The van der Waals surface area contributed by atoms with Gasteiger partial charge in [-0.05, 0) is 42.5 Å². The third kappa shape index (κ3) is 3.07. The highest BCUT2D eigenvalue weighted by atomic mass is 35.5. The zero-order chi connectivity index (χ0) is 17.4. The summed E-state index contributed by atoms with van der Waals surface area (Å²) < 4.78 is 5.62. The number of hydrogen-bond donors (Lipinski definition) is 3. The molecule has 0 fully saturated rings. The van der Waals surface area contributed by atoms with Gasteiger partial charge in [0, 0.05) is 16.3 Å². The molecule has 0 bridgehead atoms. The van der Waals surface area contributed by atoms with Crippen LogP contribution in [-0.2, 0) is 0 Å². The van der Waals surface area contributed by atoms with E-state index in [2.05, 4.69) is 15.3 Å². The number of aromatic nitrogens is 2. The van der Waals surface area contributed by atoms with Crippen molar-refractivity contribution in [1.29, 1.82) is 0 Å². The summed E-state index contributed by atoms with van der Waals surface area (Å²) in [5, 5.41) is 3.33. The Balaban J connectivity index is 1.57. The topological polar surface area (TPSA) is 90.9 Å². The number of amides is 1. The van der Waals surface area contributed by atoms with Gasteiger partial charge in [-0.2, -0.15) is 0 Å². The maximum absolute atomic E-state index is 12.4. The fourth-order valence-corrected chi connectivity index (χ4v) is 2.75. The average Bonchev–Trinajstić information content (AvgIpc) is 3.20. The number of nitrogens with one attached hydrogen (secondary N) is 3. The molecule has 7 heteroatoms. The molecule has 0 saturated carbocycles. The maximum Gasteiger partial charge on any atom is 0.323 e. The minimum absolute atomic E-state index is 0.178. The molecule has 1 amide bonds. The zero-order valence-corrected chi connectivity index (χ0v) is 13.6. The minimum atomic E-state index is -0.384. The van der Waals surface area contributed by atoms with Gasteiger partial charge in [0.15, 0.2) is 5.76 Å². The van der Waals surface area contributed by atoms with Crippen LogP contribution in [0.25, 0.3) is 22.4 Å². The zero-order valence-electron chi connectivity index (χ0n) is 12.8. The number of fused-ring (bicyclic) bond motifs is 1. The normalized spacial score (nSPS) is 10.9. The number of furan rings is 1. The van der Waals surface area contributed by atoms with E-state index in [1.807, 2.05) is 12.1 Å². The van der Waals surface area contributed by atoms with Crippen LogP contribution in [0.3, 0.4) is 0 Å². The smallest absolute Gasteiger partial charge is 0.323 e. The Kier molecular flexibility index (Phi) is 3.66. The molecule has 4 aromatic rings. The van der Waals surface area contributed by atoms with E-state index in [-0.39, 0.29) is 17.4 Å². The Morgan fingerprint density at radius 3 is 2.68 bits per heavy atom. The van der Waals surface area contributed by atoms with Crippen LogP contribution in [0.1, 0.15) is 10.6 Å². The summed E-state index contributed by atoms with van der Waals surface area (Å²) in [7, 11) is 0. The van der Waals surface area contributed by atoms with E-state index in [9.17, 15) is 9.59 Å². The molecule has 2 aromatic carbocycles. The number of carbonyl (C=O) groups is 1. The van der Waals surface area contributed by atoms with E-state index >= 15 is 0 Å². The van der Waals surface area contributed by atoms with E-state index < -0.39 is 0 Å². The highest BCUT2D eigenvalue weighted by molar-refractivity contribution is 6.30. The lowest BCUT2D eigenvalue weighted by Crippen LogP contribution is -2.10. The monoisotopic (exact) mass is 353 g/mol. The van der Waals surface area contributed by atoms with Crippen LogP contribution in [-0.4, -0.2) is 15.9 Å². The third-order valence-corrected chi connectivity index (χ3v) is 3.95.